The minimum absolute atomic E-state index is 0.156. The van der Waals surface area contributed by atoms with E-state index >= 15 is 0 Å². The van der Waals surface area contributed by atoms with Crippen LogP contribution in [-0.4, -0.2) is 15.3 Å². The maximum Gasteiger partial charge on any atom is 0.355 e. The zero-order valence-electron chi connectivity index (χ0n) is 4.33. The lowest BCUT2D eigenvalue weighted by Gasteiger charge is -2.00. The normalized spacial score (nSPS) is 12.9. The van der Waals surface area contributed by atoms with Gasteiger partial charge in [0.15, 0.2) is 9.52 Å². The zero-order valence-corrected chi connectivity index (χ0v) is 5.75. The molecule has 0 saturated carbocycles. The van der Waals surface area contributed by atoms with Crippen molar-refractivity contribution in [3.63, 3.8) is 0 Å². The summed E-state index contributed by atoms with van der Waals surface area (Å²) in [4.78, 5) is 0. The molecule has 0 unspecified atom stereocenters. The van der Waals surface area contributed by atoms with Gasteiger partial charge in [-0.05, 0) is 6.04 Å². The fourth-order valence-corrected chi connectivity index (χ4v) is 0.797. The molecular weight excluding hydrogens is 133 g/mol. The molecule has 0 atom stereocenters. The Labute approximate surface area is 48.2 Å². The highest BCUT2D eigenvalue weighted by molar-refractivity contribution is 6.38. The zero-order chi connectivity index (χ0) is 6.62. The van der Waals surface area contributed by atoms with E-state index in [0.717, 1.165) is 0 Å². The summed E-state index contributed by atoms with van der Waals surface area (Å²) in [5, 5.41) is 0. The third kappa shape index (κ3) is 5.75. The molecule has 0 nitrogen and oxygen atoms in total. The van der Waals surface area contributed by atoms with E-state index in [-0.39, 0.29) is 6.04 Å². The summed E-state index contributed by atoms with van der Waals surface area (Å²) in [6.45, 7) is 3.20. The van der Waals surface area contributed by atoms with Crippen molar-refractivity contribution < 1.29 is 13.2 Å². The Bertz CT molecular complexity index is 75.8. The molecule has 8 heavy (non-hydrogen) atoms. The van der Waals surface area contributed by atoms with Gasteiger partial charge < -0.3 is 0 Å². The van der Waals surface area contributed by atoms with Crippen molar-refractivity contribution in [2.75, 3.05) is 0 Å². The maximum absolute atomic E-state index is 11.3. The van der Waals surface area contributed by atoms with E-state index in [0.29, 0.717) is 0 Å². The first kappa shape index (κ1) is 7.75. The quantitative estimate of drug-likeness (QED) is 0.400. The van der Waals surface area contributed by atoms with Crippen molar-refractivity contribution in [2.45, 2.75) is 11.8 Å². The van der Waals surface area contributed by atoms with Crippen LogP contribution in [0.1, 0.15) is 0 Å². The molecule has 0 aromatic rings. The Kier molecular flexibility index (Phi) is 2.82. The van der Waals surface area contributed by atoms with Crippen LogP contribution in [-0.2, 0) is 0 Å². The Morgan fingerprint density at radius 2 is 2.00 bits per heavy atom. The van der Waals surface area contributed by atoms with Crippen molar-refractivity contribution in [1.29, 1.82) is 0 Å². The number of halogens is 3. The van der Waals surface area contributed by atoms with Gasteiger partial charge in [0.1, 0.15) is 0 Å². The molecule has 0 fully saturated rings. The molecule has 0 rings (SSSR count). The van der Waals surface area contributed by atoms with Gasteiger partial charge in [-0.15, -0.1) is 6.58 Å². The standard InChI is InChI=1S/C4H7F3Si/c1-2-3-8-4(5,6)7/h2H,1,3,8H2. The number of rotatable bonds is 2. The number of hydrogen-bond acceptors (Lipinski definition) is 0. The lowest BCUT2D eigenvalue weighted by atomic mass is 10.8. The van der Waals surface area contributed by atoms with Gasteiger partial charge in [0.05, 0.1) is 0 Å². The molecule has 0 heterocycles. The van der Waals surface area contributed by atoms with Crippen molar-refractivity contribution in [2.24, 2.45) is 0 Å². The van der Waals surface area contributed by atoms with Crippen LogP contribution >= 0.6 is 0 Å². The summed E-state index contributed by atoms with van der Waals surface area (Å²) in [6, 6.07) is 0.156. The smallest absolute Gasteiger partial charge is 0.178 e. The van der Waals surface area contributed by atoms with Crippen LogP contribution < -0.4 is 0 Å². The fraction of sp³-hybridized carbons (Fsp3) is 0.500. The first-order valence-corrected chi connectivity index (χ1v) is 3.94. The molecule has 4 heteroatoms. The van der Waals surface area contributed by atoms with Crippen LogP contribution in [0.25, 0.3) is 0 Å². The lowest BCUT2D eigenvalue weighted by molar-refractivity contribution is -0.0469. The first-order valence-electron chi connectivity index (χ1n) is 2.24. The van der Waals surface area contributed by atoms with Crippen LogP contribution in [0, 0.1) is 0 Å². The van der Waals surface area contributed by atoms with E-state index in [1.54, 1.807) is 0 Å². The monoisotopic (exact) mass is 140 g/mol. The van der Waals surface area contributed by atoms with Crippen LogP contribution in [0.5, 0.6) is 0 Å². The summed E-state index contributed by atoms with van der Waals surface area (Å²) in [5.74, 6) is -3.88. The van der Waals surface area contributed by atoms with Crippen molar-refractivity contribution in [1.82, 2.24) is 0 Å². The molecule has 0 amide bonds. The van der Waals surface area contributed by atoms with Gasteiger partial charge in [0.25, 0.3) is 0 Å². The van der Waals surface area contributed by atoms with Crippen LogP contribution in [0.2, 0.25) is 6.04 Å². The van der Waals surface area contributed by atoms with E-state index in [1.165, 1.54) is 6.08 Å². The van der Waals surface area contributed by atoms with Gasteiger partial charge >= 0.3 is 5.80 Å². The summed E-state index contributed by atoms with van der Waals surface area (Å²) in [7, 11) is -1.87. The molecule has 0 N–H and O–H groups in total. The molecule has 0 aliphatic rings. The number of allylic oxidation sites excluding steroid dienone is 1. The molecule has 0 aromatic carbocycles. The summed E-state index contributed by atoms with van der Waals surface area (Å²) < 4.78 is 33.8. The predicted molar refractivity (Wildman–Crippen MR) is 29.6 cm³/mol. The molecule has 0 spiro atoms. The molecule has 48 valence electrons. The van der Waals surface area contributed by atoms with Gasteiger partial charge in [-0.3, -0.25) is 0 Å². The third-order valence-electron chi connectivity index (χ3n) is 0.632. The first-order chi connectivity index (χ1) is 3.56. The van der Waals surface area contributed by atoms with E-state index in [4.69, 9.17) is 0 Å². The molecule has 0 aliphatic carbocycles. The van der Waals surface area contributed by atoms with Gasteiger partial charge in [-0.25, -0.2) is 0 Å². The second-order valence-corrected chi connectivity index (χ2v) is 3.32. The molecule has 0 aromatic heterocycles. The van der Waals surface area contributed by atoms with E-state index in [9.17, 15) is 13.2 Å². The minimum Gasteiger partial charge on any atom is -0.178 e. The SMILES string of the molecule is C=CC[SiH2]C(F)(F)F. The van der Waals surface area contributed by atoms with Crippen molar-refractivity contribution in [3.8, 4) is 0 Å². The van der Waals surface area contributed by atoms with Gasteiger partial charge in [-0.2, -0.15) is 13.2 Å². The Morgan fingerprint density at radius 3 is 2.12 bits per heavy atom. The number of hydrogen-bond donors (Lipinski definition) is 0. The highest BCUT2D eigenvalue weighted by atomic mass is 28.2. The Balaban J connectivity index is 3.24. The van der Waals surface area contributed by atoms with E-state index < -0.39 is 15.3 Å². The third-order valence-corrected chi connectivity index (χ3v) is 1.90. The lowest BCUT2D eigenvalue weighted by Crippen LogP contribution is -2.16. The largest absolute Gasteiger partial charge is 0.355 e. The second kappa shape index (κ2) is 2.91. The molecule has 0 aliphatic heterocycles. The Morgan fingerprint density at radius 1 is 1.50 bits per heavy atom. The fourth-order valence-electron chi connectivity index (χ4n) is 0.266. The van der Waals surface area contributed by atoms with E-state index in [2.05, 4.69) is 6.58 Å². The molecule has 0 radical (unpaired) electrons. The van der Waals surface area contributed by atoms with Crippen LogP contribution in [0.15, 0.2) is 12.7 Å². The average molecular weight is 140 g/mol. The second-order valence-electron chi connectivity index (χ2n) is 1.44. The maximum atomic E-state index is 11.3. The summed E-state index contributed by atoms with van der Waals surface area (Å²) in [6.07, 6.45) is 1.32. The Hall–Kier alpha value is -0.253. The van der Waals surface area contributed by atoms with Crippen LogP contribution in [0.4, 0.5) is 13.2 Å². The highest BCUT2D eigenvalue weighted by Gasteiger charge is 2.25. The van der Waals surface area contributed by atoms with Gasteiger partial charge in [0.2, 0.25) is 0 Å². The minimum atomic E-state index is -3.88. The van der Waals surface area contributed by atoms with Gasteiger partial charge in [-0.1, -0.05) is 6.08 Å². The van der Waals surface area contributed by atoms with E-state index in [1.807, 2.05) is 0 Å². The highest BCUT2D eigenvalue weighted by Crippen LogP contribution is 2.13. The van der Waals surface area contributed by atoms with Crippen molar-refractivity contribution >= 4 is 9.52 Å². The molecule has 0 saturated heterocycles. The number of alkyl halides is 3. The van der Waals surface area contributed by atoms with Crippen LogP contribution in [0.3, 0.4) is 0 Å². The summed E-state index contributed by atoms with van der Waals surface area (Å²) in [5.41, 5.74) is 0. The molecule has 0 bridgehead atoms. The predicted octanol–water partition coefficient (Wildman–Crippen LogP) is 1.28. The summed E-state index contributed by atoms with van der Waals surface area (Å²) >= 11 is 0. The average Bonchev–Trinajstić information content (AvgIpc) is 1.59. The molecular formula is C4H7F3Si. The van der Waals surface area contributed by atoms with Gasteiger partial charge in [0, 0.05) is 0 Å². The topological polar surface area (TPSA) is 0 Å². The van der Waals surface area contributed by atoms with Crippen molar-refractivity contribution in [3.05, 3.63) is 12.7 Å².